The third-order valence-electron chi connectivity index (χ3n) is 4.02. The lowest BCUT2D eigenvalue weighted by atomic mass is 9.85. The molecule has 2 rings (SSSR count). The maximum atomic E-state index is 12.6. The second-order valence-electron chi connectivity index (χ2n) is 6.57. The number of aliphatic carboxylic acids is 1. The van der Waals surface area contributed by atoms with Crippen molar-refractivity contribution in [2.24, 2.45) is 5.41 Å². The maximum Gasteiger partial charge on any atom is 0.303 e. The highest BCUT2D eigenvalue weighted by Crippen LogP contribution is 2.35. The lowest BCUT2D eigenvalue weighted by Crippen LogP contribution is -2.34. The van der Waals surface area contributed by atoms with Gasteiger partial charge in [-0.25, -0.2) is 0 Å². The third kappa shape index (κ3) is 4.06. The largest absolute Gasteiger partial charge is 0.481 e. The monoisotopic (exact) mass is 289 g/mol. The summed E-state index contributed by atoms with van der Waals surface area (Å²) in [5, 5.41) is 8.93. The van der Waals surface area contributed by atoms with Crippen LogP contribution in [0.1, 0.15) is 51.1 Å². The number of carbonyl (C=O) groups excluding carboxylic acids is 1. The summed E-state index contributed by atoms with van der Waals surface area (Å²) in [6.07, 6.45) is 2.28. The van der Waals surface area contributed by atoms with Gasteiger partial charge in [0.1, 0.15) is 0 Å². The fourth-order valence-corrected chi connectivity index (χ4v) is 3.07. The topological polar surface area (TPSA) is 57.6 Å². The summed E-state index contributed by atoms with van der Waals surface area (Å²) in [4.78, 5) is 25.4. The standard InChI is InChI=1S/C17H23NO3/c1-17(2,12-16(20)21)11-15(19)18-10-6-9-14(18)13-7-4-3-5-8-13/h3-5,7-8,14H,6,9-12H2,1-2H3,(H,20,21). The Morgan fingerprint density at radius 1 is 1.24 bits per heavy atom. The van der Waals surface area contributed by atoms with Crippen LogP contribution in [0.25, 0.3) is 0 Å². The van der Waals surface area contributed by atoms with E-state index in [-0.39, 0.29) is 24.8 Å². The molecule has 1 N–H and O–H groups in total. The smallest absolute Gasteiger partial charge is 0.303 e. The third-order valence-corrected chi connectivity index (χ3v) is 4.02. The lowest BCUT2D eigenvalue weighted by molar-refractivity contribution is -0.141. The number of hydrogen-bond acceptors (Lipinski definition) is 2. The molecule has 21 heavy (non-hydrogen) atoms. The van der Waals surface area contributed by atoms with Crippen molar-refractivity contribution in [3.8, 4) is 0 Å². The highest BCUT2D eigenvalue weighted by Gasteiger charge is 2.33. The molecule has 0 radical (unpaired) electrons. The Morgan fingerprint density at radius 2 is 1.90 bits per heavy atom. The van der Waals surface area contributed by atoms with Crippen LogP contribution in [0.2, 0.25) is 0 Å². The summed E-state index contributed by atoms with van der Waals surface area (Å²) in [5.74, 6) is -0.790. The van der Waals surface area contributed by atoms with Crippen LogP contribution in [0, 0.1) is 5.41 Å². The molecule has 0 aromatic heterocycles. The van der Waals surface area contributed by atoms with E-state index in [1.807, 2.05) is 36.9 Å². The summed E-state index contributed by atoms with van der Waals surface area (Å²) in [7, 11) is 0. The summed E-state index contributed by atoms with van der Waals surface area (Å²) >= 11 is 0. The van der Waals surface area contributed by atoms with Crippen LogP contribution in [0.3, 0.4) is 0 Å². The SMILES string of the molecule is CC(C)(CC(=O)O)CC(=O)N1CCCC1c1ccccc1. The Labute approximate surface area is 125 Å². The molecule has 4 nitrogen and oxygen atoms in total. The molecule has 114 valence electrons. The van der Waals surface area contributed by atoms with E-state index in [1.54, 1.807) is 0 Å². The minimum Gasteiger partial charge on any atom is -0.481 e. The van der Waals surface area contributed by atoms with Crippen molar-refractivity contribution in [3.63, 3.8) is 0 Å². The average Bonchev–Trinajstić information content (AvgIpc) is 2.86. The molecule has 1 aliphatic heterocycles. The molecule has 0 saturated carbocycles. The number of carboxylic acid groups (broad SMARTS) is 1. The molecular formula is C17H23NO3. The first kappa shape index (κ1) is 15.5. The Balaban J connectivity index is 2.06. The molecule has 1 unspecified atom stereocenters. The fourth-order valence-electron chi connectivity index (χ4n) is 3.07. The highest BCUT2D eigenvalue weighted by atomic mass is 16.4. The zero-order valence-electron chi connectivity index (χ0n) is 12.7. The van der Waals surface area contributed by atoms with Crippen molar-refractivity contribution in [3.05, 3.63) is 35.9 Å². The van der Waals surface area contributed by atoms with E-state index in [9.17, 15) is 9.59 Å². The van der Waals surface area contributed by atoms with Crippen LogP contribution in [-0.2, 0) is 9.59 Å². The molecule has 1 aromatic carbocycles. The normalized spacial score (nSPS) is 18.8. The number of hydrogen-bond donors (Lipinski definition) is 1. The molecule has 1 fully saturated rings. The van der Waals surface area contributed by atoms with Gasteiger partial charge in [-0.1, -0.05) is 44.2 Å². The first-order chi connectivity index (χ1) is 9.89. The van der Waals surface area contributed by atoms with Crippen molar-refractivity contribution < 1.29 is 14.7 Å². The van der Waals surface area contributed by atoms with Crippen LogP contribution < -0.4 is 0 Å². The molecule has 0 spiro atoms. The fraction of sp³-hybridized carbons (Fsp3) is 0.529. The van der Waals surface area contributed by atoms with Gasteiger partial charge in [-0.15, -0.1) is 0 Å². The molecule has 1 heterocycles. The first-order valence-electron chi connectivity index (χ1n) is 7.45. The van der Waals surface area contributed by atoms with Gasteiger partial charge >= 0.3 is 5.97 Å². The second-order valence-corrected chi connectivity index (χ2v) is 6.57. The van der Waals surface area contributed by atoms with E-state index < -0.39 is 11.4 Å². The second kappa shape index (κ2) is 6.29. The lowest BCUT2D eigenvalue weighted by Gasteiger charge is -2.29. The maximum absolute atomic E-state index is 12.6. The van der Waals surface area contributed by atoms with Gasteiger partial charge in [0.15, 0.2) is 0 Å². The minimum absolute atomic E-state index is 0.0165. The molecule has 0 bridgehead atoms. The van der Waals surface area contributed by atoms with Crippen LogP contribution in [0.4, 0.5) is 0 Å². The van der Waals surface area contributed by atoms with Crippen molar-refractivity contribution >= 4 is 11.9 Å². The molecule has 1 atom stereocenters. The number of amides is 1. The van der Waals surface area contributed by atoms with Crippen molar-refractivity contribution in [2.45, 2.75) is 45.6 Å². The van der Waals surface area contributed by atoms with Crippen LogP contribution in [0.5, 0.6) is 0 Å². The van der Waals surface area contributed by atoms with Crippen LogP contribution in [0.15, 0.2) is 30.3 Å². The van der Waals surface area contributed by atoms with Gasteiger partial charge in [0.25, 0.3) is 0 Å². The Bertz CT molecular complexity index is 510. The summed E-state index contributed by atoms with van der Waals surface area (Å²) in [6, 6.07) is 10.2. The number of likely N-dealkylation sites (tertiary alicyclic amines) is 1. The zero-order valence-corrected chi connectivity index (χ0v) is 12.7. The van der Waals surface area contributed by atoms with Crippen molar-refractivity contribution in [1.29, 1.82) is 0 Å². The van der Waals surface area contributed by atoms with Crippen molar-refractivity contribution in [2.75, 3.05) is 6.54 Å². The van der Waals surface area contributed by atoms with E-state index in [2.05, 4.69) is 12.1 Å². The number of rotatable bonds is 5. The Hall–Kier alpha value is -1.84. The van der Waals surface area contributed by atoms with Gasteiger partial charge in [0.05, 0.1) is 12.5 Å². The highest BCUT2D eigenvalue weighted by molar-refractivity contribution is 5.79. The molecule has 1 aromatic rings. The van der Waals surface area contributed by atoms with E-state index in [1.165, 1.54) is 5.56 Å². The summed E-state index contributed by atoms with van der Waals surface area (Å²) in [5.41, 5.74) is 0.659. The first-order valence-corrected chi connectivity index (χ1v) is 7.45. The van der Waals surface area contributed by atoms with E-state index >= 15 is 0 Å². The molecule has 1 aliphatic rings. The molecule has 0 aliphatic carbocycles. The van der Waals surface area contributed by atoms with Gasteiger partial charge in [0, 0.05) is 13.0 Å². The molecule has 4 heteroatoms. The minimum atomic E-state index is -0.853. The quantitative estimate of drug-likeness (QED) is 0.905. The summed E-state index contributed by atoms with van der Waals surface area (Å²) < 4.78 is 0. The zero-order chi connectivity index (χ0) is 15.5. The van der Waals surface area contributed by atoms with E-state index in [0.29, 0.717) is 0 Å². The van der Waals surface area contributed by atoms with Gasteiger partial charge < -0.3 is 10.0 Å². The predicted octanol–water partition coefficient (Wildman–Crippen LogP) is 3.24. The number of carbonyl (C=O) groups is 2. The van der Waals surface area contributed by atoms with Gasteiger partial charge in [0.2, 0.25) is 5.91 Å². The molecule has 1 saturated heterocycles. The van der Waals surface area contributed by atoms with Gasteiger partial charge in [-0.05, 0) is 23.8 Å². The summed E-state index contributed by atoms with van der Waals surface area (Å²) in [6.45, 7) is 4.45. The van der Waals surface area contributed by atoms with Gasteiger partial charge in [-0.3, -0.25) is 9.59 Å². The van der Waals surface area contributed by atoms with Gasteiger partial charge in [-0.2, -0.15) is 0 Å². The average molecular weight is 289 g/mol. The van der Waals surface area contributed by atoms with Crippen LogP contribution >= 0.6 is 0 Å². The number of nitrogens with zero attached hydrogens (tertiary/aromatic N) is 1. The number of carboxylic acids is 1. The van der Waals surface area contributed by atoms with Crippen molar-refractivity contribution in [1.82, 2.24) is 4.90 Å². The predicted molar refractivity (Wildman–Crippen MR) is 80.8 cm³/mol. The number of benzene rings is 1. The van der Waals surface area contributed by atoms with E-state index in [4.69, 9.17) is 5.11 Å². The van der Waals surface area contributed by atoms with Crippen LogP contribution in [-0.4, -0.2) is 28.4 Å². The van der Waals surface area contributed by atoms with E-state index in [0.717, 1.165) is 19.4 Å². The molecular weight excluding hydrogens is 266 g/mol. The molecule has 1 amide bonds. The Kier molecular flexibility index (Phi) is 4.66. The Morgan fingerprint density at radius 3 is 2.52 bits per heavy atom.